The van der Waals surface area contributed by atoms with Crippen molar-refractivity contribution in [3.63, 3.8) is 0 Å². The number of fused-ring (bicyclic) bond motifs is 2. The van der Waals surface area contributed by atoms with E-state index in [4.69, 9.17) is 8.85 Å². The van der Waals surface area contributed by atoms with Crippen LogP contribution in [-0.4, -0.2) is 28.8 Å². The van der Waals surface area contributed by atoms with E-state index in [1.807, 2.05) is 0 Å². The summed E-state index contributed by atoms with van der Waals surface area (Å²) in [4.78, 5) is 0. The first-order chi connectivity index (χ1) is 16.6. The van der Waals surface area contributed by atoms with E-state index < -0.39 is 16.6 Å². The molecule has 2 aliphatic rings. The largest absolute Gasteiger partial charge is 0.407 e. The third-order valence-electron chi connectivity index (χ3n) is 9.08. The summed E-state index contributed by atoms with van der Waals surface area (Å²) in [5.74, 6) is 0. The Morgan fingerprint density at radius 1 is 0.583 bits per heavy atom. The Bertz CT molecular complexity index is 1260. The standard InChI is InChI=1S/C32H46O2Si2/c1-31(2,3)35(7,8)33-29-21-23-15-11-13-17-25(23)27(29)19-20-28-26-18-14-12-16-24(26)22-30(28)34-36(9,10)32(4,5)6/h11-18,21-22,29-30H,19-20H2,1-10H3/t29-,30-/m1/s1. The quantitative estimate of drug-likeness (QED) is 0.429. The van der Waals surface area contributed by atoms with Gasteiger partial charge < -0.3 is 8.85 Å². The average molecular weight is 519 g/mol. The predicted octanol–water partition coefficient (Wildman–Crippen LogP) is 5.84. The summed E-state index contributed by atoms with van der Waals surface area (Å²) >= 11 is 0. The van der Waals surface area contributed by atoms with Crippen LogP contribution in [-0.2, 0) is 8.85 Å². The Labute approximate surface area is 220 Å². The average Bonchev–Trinajstić information content (AvgIpc) is 3.27. The van der Waals surface area contributed by atoms with Crippen molar-refractivity contribution in [1.29, 1.82) is 0 Å². The van der Waals surface area contributed by atoms with Crippen molar-refractivity contribution in [3.8, 4) is 0 Å². The third-order valence-corrected chi connectivity index (χ3v) is 18.0. The van der Waals surface area contributed by atoms with E-state index in [1.165, 1.54) is 32.0 Å². The van der Waals surface area contributed by atoms with Crippen molar-refractivity contribution in [3.05, 3.63) is 69.4 Å². The molecule has 0 fully saturated rings. The second-order valence-electron chi connectivity index (χ2n) is 13.7. The molecule has 4 rings (SSSR count). The summed E-state index contributed by atoms with van der Waals surface area (Å²) in [6.45, 7) is 23.4. The summed E-state index contributed by atoms with van der Waals surface area (Å²) in [5.41, 5.74) is 2.86. The van der Waals surface area contributed by atoms with Crippen molar-refractivity contribution in [2.75, 3.05) is 0 Å². The maximum Gasteiger partial charge on any atom is 0.193 e. The molecule has 2 aromatic rings. The zero-order valence-electron chi connectivity index (χ0n) is 24.2. The molecule has 0 saturated heterocycles. The van der Waals surface area contributed by atoms with E-state index in [2.05, 4.69) is 128 Å². The fourth-order valence-electron chi connectivity index (χ4n) is 4.73. The summed E-state index contributed by atoms with van der Waals surface area (Å²) in [6, 6.07) is 17.6. The second-order valence-corrected chi connectivity index (χ2v) is 23.2. The summed E-state index contributed by atoms with van der Waals surface area (Å²) < 4.78 is 14.0. The molecule has 0 N–H and O–H groups in total. The number of hydrogen-bond acceptors (Lipinski definition) is 2. The van der Waals surface area contributed by atoms with Gasteiger partial charge in [0.1, 0.15) is 0 Å². The van der Waals surface area contributed by atoms with Crippen LogP contribution in [0.25, 0.3) is 23.3 Å². The van der Waals surface area contributed by atoms with Crippen LogP contribution in [0, 0.1) is 0 Å². The van der Waals surface area contributed by atoms with Gasteiger partial charge in [-0.15, -0.1) is 0 Å². The summed E-state index contributed by atoms with van der Waals surface area (Å²) in [5, 5.41) is 5.70. The molecule has 0 unspecified atom stereocenters. The van der Waals surface area contributed by atoms with Crippen molar-refractivity contribution < 1.29 is 8.85 Å². The molecule has 0 radical (unpaired) electrons. The molecule has 0 saturated carbocycles. The summed E-state index contributed by atoms with van der Waals surface area (Å²) in [7, 11) is -3.84. The first-order valence-corrected chi connectivity index (χ1v) is 19.4. The molecule has 36 heavy (non-hydrogen) atoms. The molecular formula is C32H46O2Si2. The lowest BCUT2D eigenvalue weighted by atomic mass is 9.98. The minimum absolute atomic E-state index is 0.0595. The van der Waals surface area contributed by atoms with Gasteiger partial charge in [-0.05, 0) is 93.3 Å². The minimum atomic E-state index is -1.92. The molecule has 0 bridgehead atoms. The van der Waals surface area contributed by atoms with Gasteiger partial charge in [-0.2, -0.15) is 0 Å². The second kappa shape index (κ2) is 9.54. The van der Waals surface area contributed by atoms with Crippen LogP contribution in [0.2, 0.25) is 36.3 Å². The lowest BCUT2D eigenvalue weighted by molar-refractivity contribution is 0.280. The van der Waals surface area contributed by atoms with Crippen molar-refractivity contribution >= 4 is 39.9 Å². The van der Waals surface area contributed by atoms with Gasteiger partial charge in [0.15, 0.2) is 16.6 Å². The van der Waals surface area contributed by atoms with E-state index in [1.54, 1.807) is 0 Å². The van der Waals surface area contributed by atoms with E-state index >= 15 is 0 Å². The molecule has 2 nitrogen and oxygen atoms in total. The van der Waals surface area contributed by atoms with Crippen LogP contribution >= 0.6 is 0 Å². The van der Waals surface area contributed by atoms with Crippen LogP contribution in [0.4, 0.5) is 0 Å². The zero-order chi connectivity index (χ0) is 26.5. The Morgan fingerprint density at radius 3 is 1.25 bits per heavy atom. The molecule has 194 valence electrons. The molecule has 0 spiro atoms. The maximum atomic E-state index is 7.00. The lowest BCUT2D eigenvalue weighted by Crippen LogP contribution is -2.44. The zero-order valence-corrected chi connectivity index (χ0v) is 26.2. The normalized spacial score (nSPS) is 20.2. The van der Waals surface area contributed by atoms with Crippen LogP contribution < -0.4 is 20.9 Å². The first kappa shape index (κ1) is 27.3. The number of rotatable bonds is 7. The number of benzene rings is 2. The summed E-state index contributed by atoms with van der Waals surface area (Å²) in [6.07, 6.45) is 6.81. The minimum Gasteiger partial charge on any atom is -0.407 e. The van der Waals surface area contributed by atoms with Gasteiger partial charge in [0, 0.05) is 0 Å². The Hall–Kier alpha value is -1.73. The molecule has 0 heterocycles. The van der Waals surface area contributed by atoms with Gasteiger partial charge in [-0.1, -0.05) is 90.1 Å². The SMILES string of the molecule is CC(C)(C)[Si](C)(C)O[C@@H]1C=c2ccccc2=C1CCC1=c2ccccc2=C[C@H]1O[Si](C)(C)C(C)(C)C. The topological polar surface area (TPSA) is 18.5 Å². The highest BCUT2D eigenvalue weighted by molar-refractivity contribution is 6.74. The molecule has 0 amide bonds. The Balaban J connectivity index is 1.69. The maximum absolute atomic E-state index is 7.00. The van der Waals surface area contributed by atoms with E-state index in [0.717, 1.165) is 12.8 Å². The molecule has 2 atom stereocenters. The van der Waals surface area contributed by atoms with Gasteiger partial charge in [0.2, 0.25) is 0 Å². The predicted molar refractivity (Wildman–Crippen MR) is 161 cm³/mol. The fourth-order valence-corrected chi connectivity index (χ4v) is 7.12. The molecule has 0 aromatic heterocycles. The molecule has 4 heteroatoms. The Kier molecular flexibility index (Phi) is 7.24. The lowest BCUT2D eigenvalue weighted by Gasteiger charge is -2.39. The van der Waals surface area contributed by atoms with E-state index in [9.17, 15) is 0 Å². The van der Waals surface area contributed by atoms with E-state index in [-0.39, 0.29) is 22.3 Å². The van der Waals surface area contributed by atoms with Gasteiger partial charge in [-0.25, -0.2) is 0 Å². The van der Waals surface area contributed by atoms with E-state index in [0.29, 0.717) is 0 Å². The highest BCUT2D eigenvalue weighted by Gasteiger charge is 2.41. The van der Waals surface area contributed by atoms with Crippen LogP contribution in [0.3, 0.4) is 0 Å². The molecule has 2 aliphatic carbocycles. The molecule has 0 aliphatic heterocycles. The third kappa shape index (κ3) is 5.29. The smallest absolute Gasteiger partial charge is 0.193 e. The monoisotopic (exact) mass is 518 g/mol. The highest BCUT2D eigenvalue weighted by Crippen LogP contribution is 2.41. The van der Waals surface area contributed by atoms with Crippen LogP contribution in [0.1, 0.15) is 54.4 Å². The van der Waals surface area contributed by atoms with Crippen LogP contribution in [0.5, 0.6) is 0 Å². The van der Waals surface area contributed by atoms with Gasteiger partial charge in [0.05, 0.1) is 12.2 Å². The van der Waals surface area contributed by atoms with Crippen LogP contribution in [0.15, 0.2) is 48.5 Å². The fraction of sp³-hybridized carbons (Fsp3) is 0.500. The van der Waals surface area contributed by atoms with Gasteiger partial charge in [-0.3, -0.25) is 0 Å². The number of hydrogen-bond donors (Lipinski definition) is 0. The van der Waals surface area contributed by atoms with Crippen molar-refractivity contribution in [1.82, 2.24) is 0 Å². The molecular weight excluding hydrogens is 473 g/mol. The first-order valence-electron chi connectivity index (χ1n) is 13.6. The highest BCUT2D eigenvalue weighted by atomic mass is 28.4. The molecule has 2 aromatic carbocycles. The van der Waals surface area contributed by atoms with Crippen molar-refractivity contribution in [2.24, 2.45) is 0 Å². The van der Waals surface area contributed by atoms with Gasteiger partial charge in [0.25, 0.3) is 0 Å². The Morgan fingerprint density at radius 2 is 0.917 bits per heavy atom. The van der Waals surface area contributed by atoms with Crippen molar-refractivity contribution in [2.45, 2.75) is 103 Å². The van der Waals surface area contributed by atoms with Gasteiger partial charge >= 0.3 is 0 Å².